The third-order valence-electron chi connectivity index (χ3n) is 2.84. The summed E-state index contributed by atoms with van der Waals surface area (Å²) in [7, 11) is 2.11. The van der Waals surface area contributed by atoms with Gasteiger partial charge in [0.05, 0.1) is 12.7 Å². The van der Waals surface area contributed by atoms with Crippen LogP contribution in [0.3, 0.4) is 0 Å². The summed E-state index contributed by atoms with van der Waals surface area (Å²) >= 11 is 11.9. The zero-order chi connectivity index (χ0) is 13.5. The van der Waals surface area contributed by atoms with Gasteiger partial charge in [0.1, 0.15) is 0 Å². The lowest BCUT2D eigenvalue weighted by Gasteiger charge is -2.12. The Kier molecular flexibility index (Phi) is 7.02. The van der Waals surface area contributed by atoms with Crippen LogP contribution in [0.2, 0.25) is 10.0 Å². The van der Waals surface area contributed by atoms with Gasteiger partial charge in [-0.1, -0.05) is 43.1 Å². The highest BCUT2D eigenvalue weighted by Crippen LogP contribution is 2.22. The second kappa shape index (κ2) is 8.00. The molecule has 2 nitrogen and oxygen atoms in total. The Morgan fingerprint density at radius 2 is 2.06 bits per heavy atom. The van der Waals surface area contributed by atoms with Crippen molar-refractivity contribution in [2.75, 3.05) is 20.1 Å². The first-order valence-corrected chi connectivity index (χ1v) is 7.15. The summed E-state index contributed by atoms with van der Waals surface area (Å²) in [6.07, 6.45) is 1.43. The molecule has 2 rings (SSSR count). The minimum Gasteiger partial charge on any atom is -0.372 e. The van der Waals surface area contributed by atoms with E-state index in [0.29, 0.717) is 22.8 Å². The van der Waals surface area contributed by atoms with Crippen LogP contribution in [0.5, 0.6) is 0 Å². The lowest BCUT2D eigenvalue weighted by Crippen LogP contribution is -2.19. The Labute approximate surface area is 120 Å². The van der Waals surface area contributed by atoms with E-state index in [1.54, 1.807) is 6.07 Å². The fourth-order valence-corrected chi connectivity index (χ4v) is 2.34. The zero-order valence-corrected chi connectivity index (χ0v) is 12.8. The maximum absolute atomic E-state index is 6.07. The molecule has 1 aliphatic rings. The molecule has 0 aliphatic carbocycles. The van der Waals surface area contributed by atoms with Crippen LogP contribution >= 0.6 is 23.2 Å². The normalized spacial score (nSPS) is 19.5. The quantitative estimate of drug-likeness (QED) is 0.825. The Bertz CT molecular complexity index is 371. The molecule has 0 amide bonds. The van der Waals surface area contributed by atoms with Crippen LogP contribution in [-0.4, -0.2) is 31.1 Å². The van der Waals surface area contributed by atoms with Crippen LogP contribution in [0.15, 0.2) is 18.2 Å². The highest BCUT2D eigenvalue weighted by atomic mass is 35.5. The Morgan fingerprint density at radius 3 is 2.61 bits per heavy atom. The van der Waals surface area contributed by atoms with E-state index in [4.69, 9.17) is 27.9 Å². The molecule has 1 heterocycles. The highest BCUT2D eigenvalue weighted by molar-refractivity contribution is 6.35. The molecule has 0 saturated carbocycles. The van der Waals surface area contributed by atoms with E-state index in [1.807, 2.05) is 26.0 Å². The van der Waals surface area contributed by atoms with E-state index in [2.05, 4.69) is 11.9 Å². The van der Waals surface area contributed by atoms with Gasteiger partial charge in [0, 0.05) is 23.1 Å². The molecule has 1 fully saturated rings. The third kappa shape index (κ3) is 4.77. The SMILES string of the molecule is CC.CN1CCC(OCc2ccc(Cl)cc2Cl)C1. The Hall–Kier alpha value is -0.280. The predicted octanol–water partition coefficient (Wildman–Crippen LogP) is 4.24. The van der Waals surface area contributed by atoms with E-state index in [1.165, 1.54) is 0 Å². The molecule has 1 atom stereocenters. The summed E-state index contributed by atoms with van der Waals surface area (Å²) in [5.41, 5.74) is 1.00. The van der Waals surface area contributed by atoms with Crippen LogP contribution in [-0.2, 0) is 11.3 Å². The smallest absolute Gasteiger partial charge is 0.0735 e. The van der Waals surface area contributed by atoms with Gasteiger partial charge in [-0.3, -0.25) is 0 Å². The molecule has 1 aliphatic heterocycles. The number of benzene rings is 1. The van der Waals surface area contributed by atoms with Crippen molar-refractivity contribution >= 4 is 23.2 Å². The van der Waals surface area contributed by atoms with Gasteiger partial charge in [-0.25, -0.2) is 0 Å². The second-order valence-corrected chi connectivity index (χ2v) is 5.06. The first kappa shape index (κ1) is 15.8. The minimum atomic E-state index is 0.330. The van der Waals surface area contributed by atoms with Gasteiger partial charge in [-0.05, 0) is 31.2 Å². The van der Waals surface area contributed by atoms with Crippen molar-refractivity contribution in [2.24, 2.45) is 0 Å². The standard InChI is InChI=1S/C12H15Cl2NO.C2H6/c1-15-5-4-11(7-15)16-8-9-2-3-10(13)6-12(9)14;1-2/h2-3,6,11H,4-5,7-8H2,1H3;1-2H3. The average Bonchev–Trinajstić information content (AvgIpc) is 2.77. The summed E-state index contributed by atoms with van der Waals surface area (Å²) < 4.78 is 5.81. The van der Waals surface area contributed by atoms with Crippen molar-refractivity contribution in [3.8, 4) is 0 Å². The van der Waals surface area contributed by atoms with Gasteiger partial charge >= 0.3 is 0 Å². The molecule has 0 radical (unpaired) electrons. The summed E-state index contributed by atoms with van der Waals surface area (Å²) in [6.45, 7) is 6.68. The van der Waals surface area contributed by atoms with Gasteiger partial charge < -0.3 is 9.64 Å². The van der Waals surface area contributed by atoms with E-state index >= 15 is 0 Å². The van der Waals surface area contributed by atoms with E-state index in [0.717, 1.165) is 25.1 Å². The van der Waals surface area contributed by atoms with Gasteiger partial charge in [0.15, 0.2) is 0 Å². The summed E-state index contributed by atoms with van der Waals surface area (Å²) in [5.74, 6) is 0. The Balaban J connectivity index is 0.000000771. The van der Waals surface area contributed by atoms with Crippen molar-refractivity contribution in [3.63, 3.8) is 0 Å². The summed E-state index contributed by atoms with van der Waals surface area (Å²) in [6, 6.07) is 5.51. The predicted molar refractivity (Wildman–Crippen MR) is 78.5 cm³/mol. The topological polar surface area (TPSA) is 12.5 Å². The molecular formula is C14H21Cl2NO. The largest absolute Gasteiger partial charge is 0.372 e. The van der Waals surface area contributed by atoms with Crippen LogP contribution < -0.4 is 0 Å². The lowest BCUT2D eigenvalue weighted by atomic mass is 10.2. The average molecular weight is 290 g/mol. The fraction of sp³-hybridized carbons (Fsp3) is 0.571. The van der Waals surface area contributed by atoms with Crippen molar-refractivity contribution < 1.29 is 4.74 Å². The molecule has 102 valence electrons. The number of nitrogens with zero attached hydrogens (tertiary/aromatic N) is 1. The van der Waals surface area contributed by atoms with Crippen LogP contribution in [0.4, 0.5) is 0 Å². The Morgan fingerprint density at radius 1 is 1.33 bits per heavy atom. The number of hydrogen-bond donors (Lipinski definition) is 0. The molecule has 0 aromatic heterocycles. The molecule has 0 bridgehead atoms. The molecular weight excluding hydrogens is 269 g/mol. The minimum absolute atomic E-state index is 0.330. The number of likely N-dealkylation sites (tertiary alicyclic amines) is 1. The molecule has 0 spiro atoms. The van der Waals surface area contributed by atoms with Crippen LogP contribution in [0.1, 0.15) is 25.8 Å². The summed E-state index contributed by atoms with van der Waals surface area (Å²) in [5, 5.41) is 1.34. The monoisotopic (exact) mass is 289 g/mol. The van der Waals surface area contributed by atoms with E-state index < -0.39 is 0 Å². The van der Waals surface area contributed by atoms with Crippen LogP contribution in [0.25, 0.3) is 0 Å². The number of halogens is 2. The van der Waals surface area contributed by atoms with Crippen molar-refractivity contribution in [1.82, 2.24) is 4.90 Å². The molecule has 1 saturated heterocycles. The van der Waals surface area contributed by atoms with Gasteiger partial charge in [-0.15, -0.1) is 0 Å². The van der Waals surface area contributed by atoms with Crippen molar-refractivity contribution in [3.05, 3.63) is 33.8 Å². The van der Waals surface area contributed by atoms with E-state index in [-0.39, 0.29) is 0 Å². The van der Waals surface area contributed by atoms with Crippen LogP contribution in [0, 0.1) is 0 Å². The molecule has 4 heteroatoms. The van der Waals surface area contributed by atoms with Crippen molar-refractivity contribution in [1.29, 1.82) is 0 Å². The lowest BCUT2D eigenvalue weighted by molar-refractivity contribution is 0.0484. The van der Waals surface area contributed by atoms with Gasteiger partial charge in [-0.2, -0.15) is 0 Å². The molecule has 1 aromatic carbocycles. The number of ether oxygens (including phenoxy) is 1. The first-order valence-electron chi connectivity index (χ1n) is 6.39. The number of hydrogen-bond acceptors (Lipinski definition) is 2. The molecule has 0 N–H and O–H groups in total. The molecule has 1 unspecified atom stereocenters. The zero-order valence-electron chi connectivity index (χ0n) is 11.2. The highest BCUT2D eigenvalue weighted by Gasteiger charge is 2.19. The van der Waals surface area contributed by atoms with Gasteiger partial charge in [0.25, 0.3) is 0 Å². The fourth-order valence-electron chi connectivity index (χ4n) is 1.88. The molecule has 1 aromatic rings. The van der Waals surface area contributed by atoms with Crippen molar-refractivity contribution in [2.45, 2.75) is 33.0 Å². The van der Waals surface area contributed by atoms with Gasteiger partial charge in [0.2, 0.25) is 0 Å². The maximum atomic E-state index is 6.07. The summed E-state index contributed by atoms with van der Waals surface area (Å²) in [4.78, 5) is 2.27. The second-order valence-electron chi connectivity index (χ2n) is 4.22. The number of rotatable bonds is 3. The first-order chi connectivity index (χ1) is 8.65. The molecule has 18 heavy (non-hydrogen) atoms. The number of likely N-dealkylation sites (N-methyl/N-ethyl adjacent to an activating group) is 1. The van der Waals surface area contributed by atoms with E-state index in [9.17, 15) is 0 Å². The maximum Gasteiger partial charge on any atom is 0.0735 e. The third-order valence-corrected chi connectivity index (χ3v) is 3.42.